The van der Waals surface area contributed by atoms with E-state index >= 15 is 0 Å². The molecule has 0 aliphatic heterocycles. The molecule has 1 saturated carbocycles. The number of hydrogen-bond acceptors (Lipinski definition) is 1. The third-order valence-corrected chi connectivity index (χ3v) is 4.09. The molecule has 0 amide bonds. The maximum atomic E-state index is 13.3. The summed E-state index contributed by atoms with van der Waals surface area (Å²) in [5.74, 6) is -0.678. The van der Waals surface area contributed by atoms with Crippen LogP contribution in [-0.2, 0) is 5.60 Å². The molecule has 0 saturated heterocycles. The number of hydrogen-bond donors (Lipinski definition) is 1. The molecule has 1 aliphatic carbocycles. The summed E-state index contributed by atoms with van der Waals surface area (Å²) >= 11 is 0. The fourth-order valence-electron chi connectivity index (χ4n) is 3.28. The fourth-order valence-corrected chi connectivity index (χ4v) is 3.28. The Balaban J connectivity index is 2.18. The zero-order valence-corrected chi connectivity index (χ0v) is 11.6. The van der Waals surface area contributed by atoms with E-state index in [1.54, 1.807) is 0 Å². The van der Waals surface area contributed by atoms with Crippen LogP contribution in [0.4, 0.5) is 8.78 Å². The minimum Gasteiger partial charge on any atom is -0.385 e. The van der Waals surface area contributed by atoms with Gasteiger partial charge in [0.15, 0.2) is 11.6 Å². The average molecular weight is 268 g/mol. The standard InChI is InChI=1S/C16H22F2O/c1-11(2)8-12-4-3-7-16(19,10-12)13-5-6-14(17)15(18)9-13/h5-6,9,11-12,19H,3-4,7-8,10H2,1-2H3. The predicted octanol–water partition coefficient (Wildman–Crippen LogP) is 4.39. The number of aliphatic hydroxyl groups is 1. The van der Waals surface area contributed by atoms with Crippen molar-refractivity contribution in [3.63, 3.8) is 0 Å². The minimum absolute atomic E-state index is 0.465. The van der Waals surface area contributed by atoms with Crippen molar-refractivity contribution in [3.05, 3.63) is 35.4 Å². The van der Waals surface area contributed by atoms with E-state index in [9.17, 15) is 13.9 Å². The second-order valence-corrected chi connectivity index (χ2v) is 6.25. The average Bonchev–Trinajstić information content (AvgIpc) is 2.31. The van der Waals surface area contributed by atoms with Gasteiger partial charge in [-0.2, -0.15) is 0 Å². The van der Waals surface area contributed by atoms with Gasteiger partial charge >= 0.3 is 0 Å². The van der Waals surface area contributed by atoms with Gasteiger partial charge in [0.2, 0.25) is 0 Å². The summed E-state index contributed by atoms with van der Waals surface area (Å²) in [5, 5.41) is 10.8. The van der Waals surface area contributed by atoms with Gasteiger partial charge in [-0.1, -0.05) is 26.3 Å². The molecule has 0 heterocycles. The third-order valence-electron chi connectivity index (χ3n) is 4.09. The van der Waals surface area contributed by atoms with Gasteiger partial charge in [-0.25, -0.2) is 8.78 Å². The Kier molecular flexibility index (Phi) is 4.24. The highest BCUT2D eigenvalue weighted by atomic mass is 19.2. The summed E-state index contributed by atoms with van der Waals surface area (Å²) in [6, 6.07) is 3.76. The van der Waals surface area contributed by atoms with Crippen LogP contribution < -0.4 is 0 Å². The van der Waals surface area contributed by atoms with Crippen molar-refractivity contribution >= 4 is 0 Å². The van der Waals surface area contributed by atoms with Crippen LogP contribution in [0.2, 0.25) is 0 Å². The first-order chi connectivity index (χ1) is 8.90. The molecule has 1 aromatic carbocycles. The van der Waals surface area contributed by atoms with Gasteiger partial charge < -0.3 is 5.11 Å². The monoisotopic (exact) mass is 268 g/mol. The van der Waals surface area contributed by atoms with Gasteiger partial charge in [0.25, 0.3) is 0 Å². The third kappa shape index (κ3) is 3.33. The molecule has 1 fully saturated rings. The number of rotatable bonds is 3. The van der Waals surface area contributed by atoms with Crippen molar-refractivity contribution in [2.45, 2.75) is 51.6 Å². The highest BCUT2D eigenvalue weighted by molar-refractivity contribution is 5.25. The van der Waals surface area contributed by atoms with Gasteiger partial charge in [-0.15, -0.1) is 0 Å². The predicted molar refractivity (Wildman–Crippen MR) is 71.7 cm³/mol. The lowest BCUT2D eigenvalue weighted by molar-refractivity contribution is -0.0247. The van der Waals surface area contributed by atoms with Gasteiger partial charge in [0, 0.05) is 0 Å². The Morgan fingerprint density at radius 3 is 2.68 bits per heavy atom. The molecule has 1 N–H and O–H groups in total. The maximum Gasteiger partial charge on any atom is 0.159 e. The first-order valence-corrected chi connectivity index (χ1v) is 7.08. The van der Waals surface area contributed by atoms with E-state index in [2.05, 4.69) is 13.8 Å². The molecule has 106 valence electrons. The van der Waals surface area contributed by atoms with E-state index in [0.717, 1.165) is 31.4 Å². The van der Waals surface area contributed by atoms with Crippen LogP contribution in [0.25, 0.3) is 0 Å². The second-order valence-electron chi connectivity index (χ2n) is 6.25. The number of benzene rings is 1. The lowest BCUT2D eigenvalue weighted by Crippen LogP contribution is -2.33. The van der Waals surface area contributed by atoms with Crippen molar-refractivity contribution in [2.24, 2.45) is 11.8 Å². The highest BCUT2D eigenvalue weighted by Crippen LogP contribution is 2.42. The van der Waals surface area contributed by atoms with Gasteiger partial charge in [0.1, 0.15) is 0 Å². The molecule has 19 heavy (non-hydrogen) atoms. The van der Waals surface area contributed by atoms with Crippen molar-refractivity contribution in [3.8, 4) is 0 Å². The van der Waals surface area contributed by atoms with Crippen LogP contribution in [0.15, 0.2) is 18.2 Å². The minimum atomic E-state index is -0.994. The Morgan fingerprint density at radius 2 is 2.05 bits per heavy atom. The molecular weight excluding hydrogens is 246 g/mol. The molecular formula is C16H22F2O. The summed E-state index contributed by atoms with van der Waals surface area (Å²) in [6.45, 7) is 4.34. The lowest BCUT2D eigenvalue weighted by atomic mass is 9.72. The Hall–Kier alpha value is -0.960. The zero-order chi connectivity index (χ0) is 14.0. The molecule has 3 heteroatoms. The Labute approximate surface area is 113 Å². The topological polar surface area (TPSA) is 20.2 Å². The summed E-state index contributed by atoms with van der Waals surface area (Å²) in [4.78, 5) is 0. The Bertz CT molecular complexity index is 444. The summed E-state index contributed by atoms with van der Waals surface area (Å²) < 4.78 is 26.3. The SMILES string of the molecule is CC(C)CC1CCCC(O)(c2ccc(F)c(F)c2)C1. The number of halogens is 2. The Morgan fingerprint density at radius 1 is 1.32 bits per heavy atom. The first kappa shape index (κ1) is 14.4. The summed E-state index contributed by atoms with van der Waals surface area (Å²) in [6.07, 6.45) is 4.41. The van der Waals surface area contributed by atoms with Crippen LogP contribution >= 0.6 is 0 Å². The molecule has 2 unspecified atom stereocenters. The van der Waals surface area contributed by atoms with Crippen molar-refractivity contribution in [1.29, 1.82) is 0 Å². The quantitative estimate of drug-likeness (QED) is 0.862. The van der Waals surface area contributed by atoms with Crippen LogP contribution in [0.5, 0.6) is 0 Å². The van der Waals surface area contributed by atoms with Gasteiger partial charge in [-0.05, 0) is 55.2 Å². The van der Waals surface area contributed by atoms with Crippen LogP contribution in [0.1, 0.15) is 51.5 Å². The molecule has 1 nitrogen and oxygen atoms in total. The lowest BCUT2D eigenvalue weighted by Gasteiger charge is -2.38. The fraction of sp³-hybridized carbons (Fsp3) is 0.625. The smallest absolute Gasteiger partial charge is 0.159 e. The highest BCUT2D eigenvalue weighted by Gasteiger charge is 2.36. The zero-order valence-electron chi connectivity index (χ0n) is 11.6. The molecule has 1 aromatic rings. The molecule has 2 atom stereocenters. The van der Waals surface area contributed by atoms with E-state index in [1.165, 1.54) is 6.07 Å². The van der Waals surface area contributed by atoms with E-state index in [1.807, 2.05) is 0 Å². The maximum absolute atomic E-state index is 13.3. The van der Waals surface area contributed by atoms with Crippen LogP contribution in [0.3, 0.4) is 0 Å². The van der Waals surface area contributed by atoms with Crippen LogP contribution in [0, 0.1) is 23.5 Å². The molecule has 0 aromatic heterocycles. The first-order valence-electron chi connectivity index (χ1n) is 7.08. The molecule has 0 radical (unpaired) electrons. The van der Waals surface area contributed by atoms with Crippen molar-refractivity contribution < 1.29 is 13.9 Å². The van der Waals surface area contributed by atoms with E-state index in [0.29, 0.717) is 30.2 Å². The van der Waals surface area contributed by atoms with Crippen molar-refractivity contribution in [1.82, 2.24) is 0 Å². The normalized spacial score (nSPS) is 27.8. The largest absolute Gasteiger partial charge is 0.385 e. The second kappa shape index (κ2) is 5.58. The van der Waals surface area contributed by atoms with Gasteiger partial charge in [-0.3, -0.25) is 0 Å². The molecule has 0 bridgehead atoms. The molecule has 2 rings (SSSR count). The summed E-state index contributed by atoms with van der Waals surface area (Å²) in [5.41, 5.74) is -0.480. The van der Waals surface area contributed by atoms with Gasteiger partial charge in [0.05, 0.1) is 5.60 Å². The van der Waals surface area contributed by atoms with Crippen molar-refractivity contribution in [2.75, 3.05) is 0 Å². The van der Waals surface area contributed by atoms with E-state index in [4.69, 9.17) is 0 Å². The van der Waals surface area contributed by atoms with Crippen LogP contribution in [-0.4, -0.2) is 5.11 Å². The molecule has 1 aliphatic rings. The van der Waals surface area contributed by atoms with E-state index < -0.39 is 17.2 Å². The summed E-state index contributed by atoms with van der Waals surface area (Å²) in [7, 11) is 0. The molecule has 0 spiro atoms. The van der Waals surface area contributed by atoms with E-state index in [-0.39, 0.29) is 0 Å².